The highest BCUT2D eigenvalue weighted by Crippen LogP contribution is 2.40. The molecule has 3 rings (SSSR count). The Hall–Kier alpha value is -3.05. The van der Waals surface area contributed by atoms with Crippen LogP contribution in [0.25, 0.3) is 11.2 Å². The second-order valence-corrected chi connectivity index (χ2v) is 12.3. The first-order valence-electron chi connectivity index (χ1n) is 12.6. The lowest BCUT2D eigenvalue weighted by Crippen LogP contribution is -2.49. The van der Waals surface area contributed by atoms with Crippen LogP contribution >= 0.6 is 19.0 Å². The van der Waals surface area contributed by atoms with E-state index in [0.29, 0.717) is 22.7 Å². The number of hydrogen-bond donors (Lipinski definition) is 3. The van der Waals surface area contributed by atoms with Gasteiger partial charge < -0.3 is 19.8 Å². The van der Waals surface area contributed by atoms with Crippen molar-refractivity contribution in [3.63, 3.8) is 0 Å². The molecule has 212 valence electrons. The van der Waals surface area contributed by atoms with E-state index < -0.39 is 37.3 Å². The van der Waals surface area contributed by atoms with Gasteiger partial charge in [0.25, 0.3) is 13.4 Å². The van der Waals surface area contributed by atoms with Crippen LogP contribution in [0.15, 0.2) is 36.9 Å². The van der Waals surface area contributed by atoms with E-state index in [2.05, 4.69) is 25.1 Å². The molecule has 0 bridgehead atoms. The van der Waals surface area contributed by atoms with Gasteiger partial charge in [0, 0.05) is 10.6 Å². The summed E-state index contributed by atoms with van der Waals surface area (Å²) in [5, 5.41) is 5.81. The van der Waals surface area contributed by atoms with Crippen LogP contribution in [-0.4, -0.2) is 56.0 Å². The molecule has 0 saturated carbocycles. The molecule has 2 heterocycles. The molecule has 12 nitrogen and oxygen atoms in total. The number of carbonyl (C=O) groups is 2. The summed E-state index contributed by atoms with van der Waals surface area (Å²) in [5.41, 5.74) is 5.72. The van der Waals surface area contributed by atoms with E-state index >= 15 is 0 Å². The number of nitrogens with zero attached hydrogens (tertiary/aromatic N) is 4. The SMILES string of the molecule is CCCCCOC(=O)C(C)(C)NP(=O)(CO[C@H](C)Cn1cnc2c(N)ncnc21)NC(=O)c1ccc(Cl)cc1. The molecule has 1 aromatic carbocycles. The minimum atomic E-state index is -3.85. The Bertz CT molecular complexity index is 1330. The number of anilines is 1. The monoisotopic (exact) mass is 579 g/mol. The minimum Gasteiger partial charge on any atom is -0.464 e. The highest BCUT2D eigenvalue weighted by molar-refractivity contribution is 7.60. The van der Waals surface area contributed by atoms with E-state index in [1.54, 1.807) is 43.8 Å². The normalized spacial score (nSPS) is 14.1. The zero-order chi connectivity index (χ0) is 28.6. The molecule has 3 aromatic rings. The second kappa shape index (κ2) is 13.3. The summed E-state index contributed by atoms with van der Waals surface area (Å²) in [7, 11) is -3.85. The number of benzene rings is 1. The maximum Gasteiger partial charge on any atom is 0.326 e. The summed E-state index contributed by atoms with van der Waals surface area (Å²) >= 11 is 5.93. The van der Waals surface area contributed by atoms with Gasteiger partial charge in [0.1, 0.15) is 23.7 Å². The van der Waals surface area contributed by atoms with E-state index in [0.717, 1.165) is 19.3 Å². The van der Waals surface area contributed by atoms with Gasteiger partial charge in [0.05, 0.1) is 25.6 Å². The van der Waals surface area contributed by atoms with E-state index in [-0.39, 0.29) is 18.0 Å². The Morgan fingerprint density at radius 1 is 1.18 bits per heavy atom. The van der Waals surface area contributed by atoms with Gasteiger partial charge in [0.2, 0.25) is 0 Å². The number of esters is 1. The lowest BCUT2D eigenvalue weighted by atomic mass is 10.1. The van der Waals surface area contributed by atoms with Crippen molar-refractivity contribution < 1.29 is 23.6 Å². The van der Waals surface area contributed by atoms with Gasteiger partial charge in [-0.1, -0.05) is 31.4 Å². The van der Waals surface area contributed by atoms with Crippen LogP contribution < -0.4 is 15.9 Å². The Labute approximate surface area is 232 Å². The topological polar surface area (TPSA) is 163 Å². The number of nitrogen functional groups attached to an aromatic ring is 1. The van der Waals surface area contributed by atoms with E-state index in [9.17, 15) is 14.2 Å². The molecule has 2 atom stereocenters. The summed E-state index contributed by atoms with van der Waals surface area (Å²) < 4.78 is 27.1. The summed E-state index contributed by atoms with van der Waals surface area (Å²) in [6, 6.07) is 6.13. The van der Waals surface area contributed by atoms with Crippen molar-refractivity contribution >= 4 is 47.9 Å². The van der Waals surface area contributed by atoms with E-state index in [4.69, 9.17) is 26.8 Å². The molecule has 4 N–H and O–H groups in total. The molecule has 1 unspecified atom stereocenters. The maximum absolute atomic E-state index is 14.1. The molecule has 0 spiro atoms. The average Bonchev–Trinajstić information content (AvgIpc) is 3.29. The van der Waals surface area contributed by atoms with Crippen molar-refractivity contribution in [2.24, 2.45) is 0 Å². The molecule has 0 radical (unpaired) electrons. The van der Waals surface area contributed by atoms with Gasteiger partial charge in [-0.15, -0.1) is 0 Å². The van der Waals surface area contributed by atoms with Crippen LogP contribution in [0.1, 0.15) is 57.3 Å². The fraction of sp³-hybridized carbons (Fsp3) is 0.480. The summed E-state index contributed by atoms with van der Waals surface area (Å²) in [6.07, 6.45) is 4.66. The molecular formula is C25H35ClN7O5P. The van der Waals surface area contributed by atoms with E-state index in [1.165, 1.54) is 18.5 Å². The second-order valence-electron chi connectivity index (χ2n) is 9.70. The van der Waals surface area contributed by atoms with Crippen molar-refractivity contribution in [1.82, 2.24) is 29.7 Å². The molecule has 0 aliphatic heterocycles. The quantitative estimate of drug-likeness (QED) is 0.143. The van der Waals surface area contributed by atoms with Gasteiger partial charge in [-0.05, 0) is 51.5 Å². The number of carbonyl (C=O) groups excluding carboxylic acids is 2. The lowest BCUT2D eigenvalue weighted by Gasteiger charge is -2.31. The number of unbranched alkanes of at least 4 members (excludes halogenated alkanes) is 2. The zero-order valence-electron chi connectivity index (χ0n) is 22.5. The number of hydrogen-bond acceptors (Lipinski definition) is 9. The highest BCUT2D eigenvalue weighted by Gasteiger charge is 2.39. The number of amides is 1. The van der Waals surface area contributed by atoms with Crippen molar-refractivity contribution in [2.75, 3.05) is 18.7 Å². The predicted molar refractivity (Wildman–Crippen MR) is 149 cm³/mol. The van der Waals surface area contributed by atoms with Crippen molar-refractivity contribution in [1.29, 1.82) is 0 Å². The van der Waals surface area contributed by atoms with Crippen molar-refractivity contribution in [2.45, 2.75) is 65.1 Å². The first-order chi connectivity index (χ1) is 18.4. The zero-order valence-corrected chi connectivity index (χ0v) is 24.2. The van der Waals surface area contributed by atoms with Gasteiger partial charge >= 0.3 is 5.97 Å². The summed E-state index contributed by atoms with van der Waals surface area (Å²) in [5.74, 6) is -0.942. The molecule has 1 amide bonds. The molecule has 2 aromatic heterocycles. The van der Waals surface area contributed by atoms with Crippen LogP contribution in [-0.2, 0) is 25.4 Å². The Balaban J connectivity index is 1.74. The summed E-state index contributed by atoms with van der Waals surface area (Å²) in [6.45, 7) is 7.46. The van der Waals surface area contributed by atoms with Crippen LogP contribution in [0.5, 0.6) is 0 Å². The highest BCUT2D eigenvalue weighted by atomic mass is 35.5. The number of imidazole rings is 1. The number of nitrogens with two attached hydrogens (primary N) is 1. The number of fused-ring (bicyclic) bond motifs is 1. The third kappa shape index (κ3) is 8.47. The fourth-order valence-corrected chi connectivity index (χ4v) is 5.94. The third-order valence-corrected chi connectivity index (χ3v) is 8.01. The molecule has 0 fully saturated rings. The van der Waals surface area contributed by atoms with Crippen LogP contribution in [0.4, 0.5) is 5.82 Å². The minimum absolute atomic E-state index is 0.247. The Kier molecular flexibility index (Phi) is 10.4. The smallest absolute Gasteiger partial charge is 0.326 e. The van der Waals surface area contributed by atoms with Crippen molar-refractivity contribution in [3.8, 4) is 0 Å². The molecule has 0 aliphatic rings. The molecule has 14 heteroatoms. The maximum atomic E-state index is 14.1. The van der Waals surface area contributed by atoms with Gasteiger partial charge in [-0.25, -0.2) is 20.0 Å². The number of nitrogens with one attached hydrogen (secondary N) is 2. The van der Waals surface area contributed by atoms with Crippen LogP contribution in [0, 0.1) is 0 Å². The molecular weight excluding hydrogens is 545 g/mol. The molecule has 0 saturated heterocycles. The first-order valence-corrected chi connectivity index (χ1v) is 14.9. The van der Waals surface area contributed by atoms with Gasteiger partial charge in [-0.2, -0.15) is 0 Å². The number of aromatic nitrogens is 4. The third-order valence-electron chi connectivity index (χ3n) is 5.76. The van der Waals surface area contributed by atoms with Gasteiger partial charge in [0.15, 0.2) is 11.5 Å². The average molecular weight is 580 g/mol. The Morgan fingerprint density at radius 2 is 1.90 bits per heavy atom. The van der Waals surface area contributed by atoms with Crippen LogP contribution in [0.2, 0.25) is 5.02 Å². The molecule has 0 aliphatic carbocycles. The number of rotatable bonds is 14. The van der Waals surface area contributed by atoms with Gasteiger partial charge in [-0.3, -0.25) is 19.2 Å². The fourth-order valence-electron chi connectivity index (χ4n) is 3.71. The number of halogens is 1. The van der Waals surface area contributed by atoms with Crippen molar-refractivity contribution in [3.05, 3.63) is 47.5 Å². The number of ether oxygens (including phenoxy) is 2. The first kappa shape index (κ1) is 30.5. The molecule has 39 heavy (non-hydrogen) atoms. The summed E-state index contributed by atoms with van der Waals surface area (Å²) in [4.78, 5) is 38.2. The standard InChI is InChI=1S/C25H35ClN7O5P/c1-5-6-7-12-37-24(35)25(3,4)32-39(36,31-23(34)18-8-10-19(26)11-9-18)16-38-17(2)13-33-15-30-20-21(27)28-14-29-22(20)33/h8-11,14-15,17H,5-7,12-13,16H2,1-4H3,(H2,27,28,29)(H2,31,32,34,36)/t17-,39?/m1/s1. The Morgan fingerprint density at radius 3 is 2.59 bits per heavy atom. The van der Waals surface area contributed by atoms with Crippen LogP contribution in [0.3, 0.4) is 0 Å². The lowest BCUT2D eigenvalue weighted by molar-refractivity contribution is -0.149. The van der Waals surface area contributed by atoms with E-state index in [1.807, 2.05) is 6.92 Å². The largest absolute Gasteiger partial charge is 0.464 e. The predicted octanol–water partition coefficient (Wildman–Crippen LogP) is 4.15.